The van der Waals surface area contributed by atoms with Gasteiger partial charge in [0.25, 0.3) is 0 Å². The SMILES string of the molecule is COCC(NC(=O)C1CC2CCC1C2)C(=O)O. The Balaban J connectivity index is 1.89. The van der Waals surface area contributed by atoms with E-state index in [2.05, 4.69) is 5.32 Å². The van der Waals surface area contributed by atoms with Gasteiger partial charge >= 0.3 is 5.97 Å². The summed E-state index contributed by atoms with van der Waals surface area (Å²) in [5.41, 5.74) is 0. The number of rotatable bonds is 5. The van der Waals surface area contributed by atoms with E-state index in [-0.39, 0.29) is 18.4 Å². The van der Waals surface area contributed by atoms with Gasteiger partial charge in [0.05, 0.1) is 6.61 Å². The van der Waals surface area contributed by atoms with E-state index in [0.717, 1.165) is 19.3 Å². The topological polar surface area (TPSA) is 75.6 Å². The average Bonchev–Trinajstić information content (AvgIpc) is 2.89. The van der Waals surface area contributed by atoms with Crippen LogP contribution < -0.4 is 5.32 Å². The van der Waals surface area contributed by atoms with Gasteiger partial charge in [-0.3, -0.25) is 4.79 Å². The summed E-state index contributed by atoms with van der Waals surface area (Å²) in [6.07, 6.45) is 4.41. The molecule has 96 valence electrons. The highest BCUT2D eigenvalue weighted by atomic mass is 16.5. The Morgan fingerprint density at radius 1 is 1.41 bits per heavy atom. The van der Waals surface area contributed by atoms with E-state index >= 15 is 0 Å². The van der Waals surface area contributed by atoms with Gasteiger partial charge in [-0.05, 0) is 31.1 Å². The first-order valence-electron chi connectivity index (χ1n) is 6.14. The third kappa shape index (κ3) is 2.60. The minimum Gasteiger partial charge on any atom is -0.480 e. The molecule has 1 amide bonds. The first-order valence-corrected chi connectivity index (χ1v) is 6.14. The largest absolute Gasteiger partial charge is 0.480 e. The summed E-state index contributed by atoms with van der Waals surface area (Å²) in [6.45, 7) is 0.0158. The van der Waals surface area contributed by atoms with Crippen LogP contribution >= 0.6 is 0 Å². The van der Waals surface area contributed by atoms with E-state index in [9.17, 15) is 9.59 Å². The zero-order valence-electron chi connectivity index (χ0n) is 10.0. The Morgan fingerprint density at radius 2 is 2.18 bits per heavy atom. The lowest BCUT2D eigenvalue weighted by Crippen LogP contribution is -2.47. The van der Waals surface area contributed by atoms with Gasteiger partial charge in [-0.1, -0.05) is 6.42 Å². The second kappa shape index (κ2) is 5.04. The summed E-state index contributed by atoms with van der Waals surface area (Å²) in [6, 6.07) is -0.924. The number of hydrogen-bond donors (Lipinski definition) is 2. The van der Waals surface area contributed by atoms with Crippen molar-refractivity contribution in [3.05, 3.63) is 0 Å². The normalized spacial score (nSPS) is 32.4. The van der Waals surface area contributed by atoms with Crippen molar-refractivity contribution in [2.24, 2.45) is 17.8 Å². The minimum atomic E-state index is -1.04. The van der Waals surface area contributed by atoms with Crippen LogP contribution in [0.4, 0.5) is 0 Å². The van der Waals surface area contributed by atoms with Gasteiger partial charge in [0.2, 0.25) is 5.91 Å². The predicted octanol–water partition coefficient (Wildman–Crippen LogP) is 0.638. The Hall–Kier alpha value is -1.10. The summed E-state index contributed by atoms with van der Waals surface area (Å²) in [5.74, 6) is 0.0240. The number of ether oxygens (including phenoxy) is 1. The van der Waals surface area contributed by atoms with Crippen LogP contribution in [0.3, 0.4) is 0 Å². The molecular weight excluding hydrogens is 222 g/mol. The molecule has 0 radical (unpaired) electrons. The molecule has 2 aliphatic rings. The van der Waals surface area contributed by atoms with E-state index < -0.39 is 12.0 Å². The summed E-state index contributed by atoms with van der Waals surface area (Å²) in [7, 11) is 1.43. The van der Waals surface area contributed by atoms with Crippen molar-refractivity contribution in [3.63, 3.8) is 0 Å². The fourth-order valence-electron chi connectivity index (χ4n) is 3.19. The molecule has 2 fully saturated rings. The van der Waals surface area contributed by atoms with Gasteiger partial charge in [-0.15, -0.1) is 0 Å². The van der Waals surface area contributed by atoms with Crippen molar-refractivity contribution in [1.29, 1.82) is 0 Å². The van der Waals surface area contributed by atoms with Crippen LogP contribution in [0.25, 0.3) is 0 Å². The number of carbonyl (C=O) groups excluding carboxylic acids is 1. The molecule has 0 saturated heterocycles. The Bertz CT molecular complexity index is 318. The minimum absolute atomic E-state index is 0.0158. The van der Waals surface area contributed by atoms with Crippen LogP contribution in [0, 0.1) is 17.8 Å². The van der Waals surface area contributed by atoms with Gasteiger partial charge in [0, 0.05) is 13.0 Å². The molecule has 0 spiro atoms. The monoisotopic (exact) mass is 241 g/mol. The summed E-state index contributed by atoms with van der Waals surface area (Å²) in [4.78, 5) is 22.9. The zero-order chi connectivity index (χ0) is 12.4. The van der Waals surface area contributed by atoms with Crippen molar-refractivity contribution >= 4 is 11.9 Å². The maximum atomic E-state index is 12.0. The molecule has 2 bridgehead atoms. The molecule has 2 rings (SSSR count). The molecule has 0 aromatic heterocycles. The highest BCUT2D eigenvalue weighted by Gasteiger charge is 2.43. The second-order valence-electron chi connectivity index (χ2n) is 5.14. The molecule has 0 aromatic rings. The first-order chi connectivity index (χ1) is 8.11. The van der Waals surface area contributed by atoms with Crippen molar-refractivity contribution < 1.29 is 19.4 Å². The number of carbonyl (C=O) groups is 2. The fraction of sp³-hybridized carbons (Fsp3) is 0.833. The highest BCUT2D eigenvalue weighted by molar-refractivity contribution is 5.85. The predicted molar refractivity (Wildman–Crippen MR) is 60.4 cm³/mol. The molecule has 2 saturated carbocycles. The number of aliphatic carboxylic acids is 1. The van der Waals surface area contributed by atoms with Gasteiger partial charge < -0.3 is 15.2 Å². The van der Waals surface area contributed by atoms with Crippen molar-refractivity contribution in [3.8, 4) is 0 Å². The van der Waals surface area contributed by atoms with Gasteiger partial charge in [-0.25, -0.2) is 4.79 Å². The van der Waals surface area contributed by atoms with Gasteiger partial charge in [0.1, 0.15) is 0 Å². The number of methoxy groups -OCH3 is 1. The number of hydrogen-bond acceptors (Lipinski definition) is 3. The second-order valence-corrected chi connectivity index (χ2v) is 5.14. The smallest absolute Gasteiger partial charge is 0.328 e. The first kappa shape index (κ1) is 12.4. The quantitative estimate of drug-likeness (QED) is 0.740. The van der Waals surface area contributed by atoms with Crippen LogP contribution in [0.5, 0.6) is 0 Å². The average molecular weight is 241 g/mol. The van der Waals surface area contributed by atoms with E-state index in [1.807, 2.05) is 0 Å². The van der Waals surface area contributed by atoms with E-state index in [0.29, 0.717) is 11.8 Å². The molecule has 2 N–H and O–H groups in total. The van der Waals surface area contributed by atoms with Crippen LogP contribution in [-0.2, 0) is 14.3 Å². The van der Waals surface area contributed by atoms with E-state index in [4.69, 9.17) is 9.84 Å². The molecule has 2 aliphatic carbocycles. The van der Waals surface area contributed by atoms with Crippen LogP contribution in [-0.4, -0.2) is 36.7 Å². The standard InChI is InChI=1S/C12H19NO4/c1-17-6-10(12(15)16)13-11(14)9-5-7-2-3-8(9)4-7/h7-10H,2-6H2,1H3,(H,13,14)(H,15,16). The zero-order valence-corrected chi connectivity index (χ0v) is 10.0. The maximum Gasteiger partial charge on any atom is 0.328 e. The molecule has 4 atom stereocenters. The number of carboxylic acid groups (broad SMARTS) is 1. The van der Waals surface area contributed by atoms with E-state index in [1.54, 1.807) is 0 Å². The molecular formula is C12H19NO4. The third-order valence-corrected chi connectivity index (χ3v) is 4.02. The number of fused-ring (bicyclic) bond motifs is 2. The van der Waals surface area contributed by atoms with Crippen LogP contribution in [0.15, 0.2) is 0 Å². The van der Waals surface area contributed by atoms with Crippen molar-refractivity contribution in [2.75, 3.05) is 13.7 Å². The van der Waals surface area contributed by atoms with Crippen molar-refractivity contribution in [1.82, 2.24) is 5.32 Å². The number of carboxylic acids is 1. The summed E-state index contributed by atoms with van der Waals surface area (Å²) in [5, 5.41) is 11.5. The molecule has 5 nitrogen and oxygen atoms in total. The van der Waals surface area contributed by atoms with Crippen LogP contribution in [0.2, 0.25) is 0 Å². The third-order valence-electron chi connectivity index (χ3n) is 4.02. The molecule has 17 heavy (non-hydrogen) atoms. The fourth-order valence-corrected chi connectivity index (χ4v) is 3.19. The Labute approximate surface area is 101 Å². The van der Waals surface area contributed by atoms with Gasteiger partial charge in [-0.2, -0.15) is 0 Å². The molecule has 5 heteroatoms. The van der Waals surface area contributed by atoms with E-state index in [1.165, 1.54) is 13.5 Å². The Morgan fingerprint density at radius 3 is 2.65 bits per heavy atom. The number of nitrogens with one attached hydrogen (secondary N) is 1. The van der Waals surface area contributed by atoms with Crippen LogP contribution in [0.1, 0.15) is 25.7 Å². The lowest BCUT2D eigenvalue weighted by atomic mass is 9.88. The molecule has 0 aromatic carbocycles. The molecule has 0 heterocycles. The lowest BCUT2D eigenvalue weighted by Gasteiger charge is -2.23. The van der Waals surface area contributed by atoms with Gasteiger partial charge in [0.15, 0.2) is 6.04 Å². The maximum absolute atomic E-state index is 12.0. The summed E-state index contributed by atoms with van der Waals surface area (Å²) < 4.78 is 4.80. The number of amides is 1. The highest BCUT2D eigenvalue weighted by Crippen LogP contribution is 2.48. The summed E-state index contributed by atoms with van der Waals surface area (Å²) >= 11 is 0. The molecule has 0 aliphatic heterocycles. The molecule has 4 unspecified atom stereocenters. The Kier molecular flexibility index (Phi) is 3.66. The van der Waals surface area contributed by atoms with Crippen molar-refractivity contribution in [2.45, 2.75) is 31.7 Å². The lowest BCUT2D eigenvalue weighted by molar-refractivity contribution is -0.144.